The molecular weight excluding hydrogens is 328 g/mol. The minimum Gasteiger partial charge on any atom is -0.378 e. The molecule has 6 heteroatoms. The molecule has 2 N–H and O–H groups in total. The molecule has 0 aromatic carbocycles. The zero-order valence-electron chi connectivity index (χ0n) is 17.1. The summed E-state index contributed by atoms with van der Waals surface area (Å²) in [4.78, 5) is 7.04. The van der Waals surface area contributed by atoms with Crippen LogP contribution in [0.5, 0.6) is 0 Å². The fourth-order valence-electron chi connectivity index (χ4n) is 5.16. The maximum Gasteiger partial charge on any atom is 0.191 e. The Morgan fingerprint density at radius 2 is 2.12 bits per heavy atom. The second-order valence-electron chi connectivity index (χ2n) is 8.02. The van der Waals surface area contributed by atoms with Crippen LogP contribution in [0, 0.1) is 5.41 Å². The van der Waals surface area contributed by atoms with E-state index in [0.29, 0.717) is 18.2 Å². The van der Waals surface area contributed by atoms with E-state index in [2.05, 4.69) is 41.3 Å². The highest BCUT2D eigenvalue weighted by atomic mass is 16.5. The van der Waals surface area contributed by atoms with E-state index >= 15 is 0 Å². The van der Waals surface area contributed by atoms with Crippen molar-refractivity contribution in [3.05, 3.63) is 0 Å². The van der Waals surface area contributed by atoms with Crippen LogP contribution in [0.25, 0.3) is 0 Å². The second kappa shape index (κ2) is 8.89. The molecule has 150 valence electrons. The van der Waals surface area contributed by atoms with Gasteiger partial charge in [0.25, 0.3) is 0 Å². The van der Waals surface area contributed by atoms with Gasteiger partial charge in [0.15, 0.2) is 5.96 Å². The van der Waals surface area contributed by atoms with E-state index in [1.54, 1.807) is 0 Å². The summed E-state index contributed by atoms with van der Waals surface area (Å²) in [6.45, 7) is 11.4. The predicted molar refractivity (Wildman–Crippen MR) is 106 cm³/mol. The monoisotopic (exact) mass is 366 g/mol. The first-order valence-electron chi connectivity index (χ1n) is 10.6. The summed E-state index contributed by atoms with van der Waals surface area (Å²) in [5, 5.41) is 7.16. The number of fused-ring (bicyclic) bond motifs is 1. The van der Waals surface area contributed by atoms with E-state index in [1.807, 2.05) is 7.05 Å². The van der Waals surface area contributed by atoms with Crippen molar-refractivity contribution in [2.75, 3.05) is 39.9 Å². The molecule has 2 aliphatic heterocycles. The van der Waals surface area contributed by atoms with E-state index in [9.17, 15) is 0 Å². The Bertz CT molecular complexity index is 480. The average molecular weight is 367 g/mol. The predicted octanol–water partition coefficient (Wildman–Crippen LogP) is 2.00. The number of morpholine rings is 1. The first-order valence-corrected chi connectivity index (χ1v) is 10.6. The number of hydrogen-bond donors (Lipinski definition) is 2. The third-order valence-electron chi connectivity index (χ3n) is 6.96. The number of hydrogen-bond acceptors (Lipinski definition) is 4. The van der Waals surface area contributed by atoms with Crippen LogP contribution in [0.2, 0.25) is 0 Å². The zero-order valence-corrected chi connectivity index (χ0v) is 17.1. The van der Waals surface area contributed by atoms with Crippen molar-refractivity contribution in [2.24, 2.45) is 10.4 Å². The molecule has 0 radical (unpaired) electrons. The number of nitrogens with zero attached hydrogens (tertiary/aromatic N) is 2. The first kappa shape index (κ1) is 19.9. The quantitative estimate of drug-likeness (QED) is 0.533. The number of aliphatic imine (C=N–C) groups is 1. The van der Waals surface area contributed by atoms with Crippen LogP contribution >= 0.6 is 0 Å². The van der Waals surface area contributed by atoms with Crippen LogP contribution in [0.3, 0.4) is 0 Å². The third kappa shape index (κ3) is 3.87. The summed E-state index contributed by atoms with van der Waals surface area (Å²) in [6.07, 6.45) is 6.55. The van der Waals surface area contributed by atoms with Gasteiger partial charge in [-0.2, -0.15) is 0 Å². The third-order valence-corrected chi connectivity index (χ3v) is 6.96. The average Bonchev–Trinajstić information content (AvgIpc) is 3.12. The van der Waals surface area contributed by atoms with Gasteiger partial charge in [-0.15, -0.1) is 0 Å². The maximum absolute atomic E-state index is 6.06. The van der Waals surface area contributed by atoms with Crippen molar-refractivity contribution in [2.45, 2.75) is 77.2 Å². The molecule has 4 atom stereocenters. The summed E-state index contributed by atoms with van der Waals surface area (Å²) in [7, 11) is 1.85. The van der Waals surface area contributed by atoms with E-state index in [1.165, 1.54) is 19.4 Å². The zero-order chi connectivity index (χ0) is 18.6. The Kier molecular flexibility index (Phi) is 6.81. The highest BCUT2D eigenvalue weighted by molar-refractivity contribution is 5.80. The Morgan fingerprint density at radius 3 is 2.81 bits per heavy atom. The fraction of sp³-hybridized carbons (Fsp3) is 0.950. The molecule has 0 amide bonds. The number of rotatable bonds is 7. The Hall–Kier alpha value is -0.850. The lowest BCUT2D eigenvalue weighted by Crippen LogP contribution is -2.66. The lowest BCUT2D eigenvalue weighted by atomic mass is 9.58. The van der Waals surface area contributed by atoms with Gasteiger partial charge in [0.05, 0.1) is 18.8 Å². The summed E-state index contributed by atoms with van der Waals surface area (Å²) in [6, 6.07) is 1.08. The van der Waals surface area contributed by atoms with Gasteiger partial charge in [0.2, 0.25) is 0 Å². The largest absolute Gasteiger partial charge is 0.378 e. The van der Waals surface area contributed by atoms with Gasteiger partial charge in [-0.3, -0.25) is 9.89 Å². The van der Waals surface area contributed by atoms with Gasteiger partial charge in [0, 0.05) is 44.2 Å². The molecule has 0 aromatic rings. The highest BCUT2D eigenvalue weighted by Crippen LogP contribution is 2.48. The molecule has 3 rings (SSSR count). The molecule has 2 heterocycles. The van der Waals surface area contributed by atoms with Crippen LogP contribution in [0.1, 0.15) is 52.9 Å². The highest BCUT2D eigenvalue weighted by Gasteiger charge is 2.53. The molecular formula is C20H38N4O2. The van der Waals surface area contributed by atoms with Gasteiger partial charge >= 0.3 is 0 Å². The molecule has 0 aromatic heterocycles. The van der Waals surface area contributed by atoms with Crippen LogP contribution in [-0.2, 0) is 9.47 Å². The second-order valence-corrected chi connectivity index (χ2v) is 8.02. The van der Waals surface area contributed by atoms with Crippen LogP contribution in [0.15, 0.2) is 4.99 Å². The summed E-state index contributed by atoms with van der Waals surface area (Å²) in [5.74, 6) is 0.892. The Morgan fingerprint density at radius 1 is 1.31 bits per heavy atom. The van der Waals surface area contributed by atoms with Crippen molar-refractivity contribution in [3.8, 4) is 0 Å². The van der Waals surface area contributed by atoms with Crippen LogP contribution in [0.4, 0.5) is 0 Å². The molecule has 3 fully saturated rings. The first-order chi connectivity index (χ1) is 12.7. The molecule has 0 spiro atoms. The van der Waals surface area contributed by atoms with Crippen LogP contribution < -0.4 is 10.6 Å². The normalized spacial score (nSPS) is 34.2. The van der Waals surface area contributed by atoms with Crippen molar-refractivity contribution >= 4 is 5.96 Å². The summed E-state index contributed by atoms with van der Waals surface area (Å²) in [5.41, 5.74) is 0.220. The van der Waals surface area contributed by atoms with Gasteiger partial charge in [-0.25, -0.2) is 0 Å². The van der Waals surface area contributed by atoms with Gasteiger partial charge in [-0.1, -0.05) is 13.8 Å². The van der Waals surface area contributed by atoms with Crippen molar-refractivity contribution in [1.29, 1.82) is 0 Å². The van der Waals surface area contributed by atoms with Gasteiger partial charge in [-0.05, 0) is 45.6 Å². The minimum atomic E-state index is 0.220. The Labute approximate surface area is 159 Å². The lowest BCUT2D eigenvalue weighted by molar-refractivity contribution is -0.133. The molecule has 1 aliphatic carbocycles. The van der Waals surface area contributed by atoms with Gasteiger partial charge in [0.1, 0.15) is 0 Å². The van der Waals surface area contributed by atoms with Gasteiger partial charge < -0.3 is 20.1 Å². The molecule has 26 heavy (non-hydrogen) atoms. The summed E-state index contributed by atoms with van der Waals surface area (Å²) < 4.78 is 12.0. The molecule has 2 saturated heterocycles. The lowest BCUT2D eigenvalue weighted by Gasteiger charge is -2.55. The summed E-state index contributed by atoms with van der Waals surface area (Å²) >= 11 is 0. The number of guanidine groups is 1. The SMILES string of the molecule is CCOC1CC(NC(=NC)NCC2CN3CCCC3CO2)C1(CC)CC. The Balaban J connectivity index is 1.49. The van der Waals surface area contributed by atoms with Crippen molar-refractivity contribution in [1.82, 2.24) is 15.5 Å². The molecule has 4 unspecified atom stereocenters. The standard InChI is InChI=1S/C20H38N4O2/c1-5-20(6-2)17(11-18(20)25-7-3)23-19(21-4)22-12-16-13-24-10-8-9-15(24)14-26-16/h15-18H,5-14H2,1-4H3,(H2,21,22,23). The smallest absolute Gasteiger partial charge is 0.191 e. The van der Waals surface area contributed by atoms with Crippen molar-refractivity contribution in [3.63, 3.8) is 0 Å². The topological polar surface area (TPSA) is 58.1 Å². The minimum absolute atomic E-state index is 0.220. The van der Waals surface area contributed by atoms with E-state index in [-0.39, 0.29) is 11.5 Å². The number of nitrogens with one attached hydrogen (secondary N) is 2. The fourth-order valence-corrected chi connectivity index (χ4v) is 5.16. The molecule has 0 bridgehead atoms. The number of ether oxygens (including phenoxy) is 2. The van der Waals surface area contributed by atoms with E-state index in [4.69, 9.17) is 9.47 Å². The molecule has 1 saturated carbocycles. The molecule has 3 aliphatic rings. The molecule has 6 nitrogen and oxygen atoms in total. The van der Waals surface area contributed by atoms with E-state index in [0.717, 1.165) is 51.5 Å². The maximum atomic E-state index is 6.06. The van der Waals surface area contributed by atoms with Crippen LogP contribution in [-0.4, -0.2) is 75.0 Å². The van der Waals surface area contributed by atoms with Crippen molar-refractivity contribution < 1.29 is 9.47 Å². The van der Waals surface area contributed by atoms with E-state index < -0.39 is 0 Å².